The van der Waals surface area contributed by atoms with Gasteiger partial charge in [0.25, 0.3) is 0 Å². The molecule has 2 atom stereocenters. The Labute approximate surface area is 241 Å². The molecule has 0 saturated carbocycles. The Hall–Kier alpha value is -3.70. The molecule has 0 bridgehead atoms. The number of carbonyl (C=O) groups excluding carboxylic acids is 2. The van der Waals surface area contributed by atoms with E-state index < -0.39 is 24.1 Å². The number of ether oxygens (including phenoxy) is 6. The van der Waals surface area contributed by atoms with E-state index >= 15 is 0 Å². The highest BCUT2D eigenvalue weighted by Crippen LogP contribution is 2.18. The van der Waals surface area contributed by atoms with E-state index in [4.69, 9.17) is 28.4 Å². The van der Waals surface area contributed by atoms with Gasteiger partial charge in [-0.2, -0.15) is 0 Å². The van der Waals surface area contributed by atoms with E-state index in [9.17, 15) is 19.8 Å². The summed E-state index contributed by atoms with van der Waals surface area (Å²) in [6.07, 6.45) is 4.41. The van der Waals surface area contributed by atoms with Crippen molar-refractivity contribution in [2.24, 2.45) is 0 Å². The molecule has 2 N–H and O–H groups in total. The van der Waals surface area contributed by atoms with Crippen LogP contribution in [0.25, 0.3) is 0 Å². The Bertz CT molecular complexity index is 978. The summed E-state index contributed by atoms with van der Waals surface area (Å²) in [6.45, 7) is 5.12. The van der Waals surface area contributed by atoms with Gasteiger partial charge in [0.1, 0.15) is 50.1 Å². The third-order valence-electron chi connectivity index (χ3n) is 5.32. The van der Waals surface area contributed by atoms with Crippen molar-refractivity contribution in [3.05, 3.63) is 84.0 Å². The molecule has 2 aromatic rings. The van der Waals surface area contributed by atoms with Gasteiger partial charge in [-0.1, -0.05) is 36.4 Å². The Balaban J connectivity index is 1.66. The van der Waals surface area contributed by atoms with Gasteiger partial charge < -0.3 is 38.6 Å². The lowest BCUT2D eigenvalue weighted by Gasteiger charge is -2.13. The number of aliphatic hydroxyl groups is 2. The number of hydrogen-bond acceptors (Lipinski definition) is 10. The molecule has 0 amide bonds. The van der Waals surface area contributed by atoms with Crippen LogP contribution >= 0.6 is 0 Å². The summed E-state index contributed by atoms with van der Waals surface area (Å²) in [5.74, 6) is 0.0760. The first-order valence-electron chi connectivity index (χ1n) is 13.5. The molecule has 41 heavy (non-hydrogen) atoms. The van der Waals surface area contributed by atoms with Crippen LogP contribution in [-0.2, 0) is 35.0 Å². The summed E-state index contributed by atoms with van der Waals surface area (Å²) in [7, 11) is 0. The van der Waals surface area contributed by atoms with Crippen molar-refractivity contribution in [3.8, 4) is 11.5 Å². The number of hydrogen-bond donors (Lipinski definition) is 2. The maximum Gasteiger partial charge on any atom is 0.330 e. The zero-order chi connectivity index (χ0) is 29.7. The van der Waals surface area contributed by atoms with E-state index in [2.05, 4.69) is 0 Å². The van der Waals surface area contributed by atoms with Crippen LogP contribution in [0.2, 0.25) is 0 Å². The molecule has 0 aliphatic heterocycles. The predicted molar refractivity (Wildman–Crippen MR) is 152 cm³/mol. The highest BCUT2D eigenvalue weighted by atomic mass is 16.6. The zero-order valence-electron chi connectivity index (χ0n) is 23.6. The molecule has 2 aromatic carbocycles. The van der Waals surface area contributed by atoms with Crippen molar-refractivity contribution in [1.29, 1.82) is 0 Å². The van der Waals surface area contributed by atoms with E-state index in [1.807, 2.05) is 62.4 Å². The Kier molecular flexibility index (Phi) is 16.5. The first-order chi connectivity index (χ1) is 19.9. The fraction of sp³-hybridized carbons (Fsp3) is 0.419. The van der Waals surface area contributed by atoms with Crippen LogP contribution in [0.5, 0.6) is 11.5 Å². The SMILES string of the molecule is CCOCC=CC(=O)OCC(O)COc1ccc(Cc2ccc(OCC(O)COC(=O)C=CCOCC)cc2)cc1. The smallest absolute Gasteiger partial charge is 0.330 e. The largest absolute Gasteiger partial charge is 0.491 e. The molecular weight excluding hydrogens is 532 g/mol. The third-order valence-corrected chi connectivity index (χ3v) is 5.32. The second-order valence-corrected chi connectivity index (χ2v) is 8.78. The van der Waals surface area contributed by atoms with Gasteiger partial charge in [-0.3, -0.25) is 0 Å². The van der Waals surface area contributed by atoms with Crippen LogP contribution in [0.3, 0.4) is 0 Å². The van der Waals surface area contributed by atoms with E-state index in [0.717, 1.165) is 11.1 Å². The molecule has 2 unspecified atom stereocenters. The number of aliphatic hydroxyl groups excluding tert-OH is 2. The number of carbonyl (C=O) groups is 2. The molecule has 0 radical (unpaired) electrons. The molecule has 0 fully saturated rings. The average Bonchev–Trinajstić information content (AvgIpc) is 2.98. The monoisotopic (exact) mass is 572 g/mol. The standard InChI is InChI=1S/C31H40O10/c1-3-36-17-5-7-30(34)40-22-26(32)20-38-28-13-9-24(10-14-28)19-25-11-15-29(16-12-25)39-21-27(33)23-41-31(35)8-6-18-37-4-2/h5-16,26-27,32-33H,3-4,17-23H2,1-2H3. The molecule has 0 saturated heterocycles. The lowest BCUT2D eigenvalue weighted by molar-refractivity contribution is -0.142. The van der Waals surface area contributed by atoms with Gasteiger partial charge in [0.05, 0.1) is 13.2 Å². The number of benzene rings is 2. The fourth-order valence-electron chi connectivity index (χ4n) is 3.24. The highest BCUT2D eigenvalue weighted by Gasteiger charge is 2.10. The fourth-order valence-corrected chi connectivity index (χ4v) is 3.24. The summed E-state index contributed by atoms with van der Waals surface area (Å²) in [5, 5.41) is 20.0. The zero-order valence-corrected chi connectivity index (χ0v) is 23.6. The normalized spacial score (nSPS) is 12.8. The second kappa shape index (κ2) is 20.2. The van der Waals surface area contributed by atoms with Crippen molar-refractivity contribution in [1.82, 2.24) is 0 Å². The van der Waals surface area contributed by atoms with Crippen LogP contribution in [0.1, 0.15) is 25.0 Å². The average molecular weight is 573 g/mol. The molecular formula is C31H40O10. The molecule has 2 rings (SSSR count). The van der Waals surface area contributed by atoms with Crippen molar-refractivity contribution in [2.75, 3.05) is 52.9 Å². The minimum atomic E-state index is -0.955. The molecule has 0 aromatic heterocycles. The summed E-state index contributed by atoms with van der Waals surface area (Å²) in [6, 6.07) is 15.0. The predicted octanol–water partition coefficient (Wildman–Crippen LogP) is 3.03. The quantitative estimate of drug-likeness (QED) is 0.139. The number of rotatable bonds is 20. The van der Waals surface area contributed by atoms with Gasteiger partial charge >= 0.3 is 11.9 Å². The molecule has 0 spiro atoms. The summed E-state index contributed by atoms with van der Waals surface area (Å²) >= 11 is 0. The van der Waals surface area contributed by atoms with Crippen molar-refractivity contribution >= 4 is 11.9 Å². The molecule has 0 heterocycles. The van der Waals surface area contributed by atoms with E-state index in [0.29, 0.717) is 44.3 Å². The van der Waals surface area contributed by atoms with Gasteiger partial charge in [0, 0.05) is 25.4 Å². The Morgan fingerprint density at radius 2 is 1.05 bits per heavy atom. The van der Waals surface area contributed by atoms with E-state index in [1.165, 1.54) is 12.2 Å². The summed E-state index contributed by atoms with van der Waals surface area (Å²) in [5.41, 5.74) is 2.12. The highest BCUT2D eigenvalue weighted by molar-refractivity contribution is 5.82. The van der Waals surface area contributed by atoms with Crippen molar-refractivity contribution in [2.45, 2.75) is 32.5 Å². The molecule has 0 aliphatic rings. The topological polar surface area (TPSA) is 130 Å². The number of esters is 2. The van der Waals surface area contributed by atoms with E-state index in [-0.39, 0.29) is 26.4 Å². The summed E-state index contributed by atoms with van der Waals surface area (Å²) < 4.78 is 31.3. The van der Waals surface area contributed by atoms with Crippen LogP contribution < -0.4 is 9.47 Å². The maximum atomic E-state index is 11.6. The van der Waals surface area contributed by atoms with Crippen LogP contribution in [0, 0.1) is 0 Å². The lowest BCUT2D eigenvalue weighted by atomic mass is 10.0. The molecule has 0 aliphatic carbocycles. The minimum Gasteiger partial charge on any atom is -0.491 e. The molecule has 10 heteroatoms. The Morgan fingerprint density at radius 3 is 1.41 bits per heavy atom. The first-order valence-corrected chi connectivity index (χ1v) is 13.5. The summed E-state index contributed by atoms with van der Waals surface area (Å²) in [4.78, 5) is 23.2. The van der Waals surface area contributed by atoms with Gasteiger partial charge in [-0.05, 0) is 55.7 Å². The van der Waals surface area contributed by atoms with Crippen LogP contribution in [0.15, 0.2) is 72.8 Å². The van der Waals surface area contributed by atoms with E-state index in [1.54, 1.807) is 12.2 Å². The van der Waals surface area contributed by atoms with Crippen LogP contribution in [0.4, 0.5) is 0 Å². The van der Waals surface area contributed by atoms with Crippen molar-refractivity contribution < 1.29 is 48.2 Å². The van der Waals surface area contributed by atoms with Crippen LogP contribution in [-0.4, -0.2) is 87.2 Å². The molecule has 10 nitrogen and oxygen atoms in total. The third kappa shape index (κ3) is 15.6. The van der Waals surface area contributed by atoms with Gasteiger partial charge in [-0.15, -0.1) is 0 Å². The minimum absolute atomic E-state index is 0.0145. The second-order valence-electron chi connectivity index (χ2n) is 8.78. The molecule has 224 valence electrons. The van der Waals surface area contributed by atoms with Crippen molar-refractivity contribution in [3.63, 3.8) is 0 Å². The first kappa shape index (κ1) is 33.5. The van der Waals surface area contributed by atoms with Gasteiger partial charge in [0.15, 0.2) is 0 Å². The van der Waals surface area contributed by atoms with Gasteiger partial charge in [-0.25, -0.2) is 9.59 Å². The van der Waals surface area contributed by atoms with Gasteiger partial charge in [0.2, 0.25) is 0 Å². The maximum absolute atomic E-state index is 11.6. The lowest BCUT2D eigenvalue weighted by Crippen LogP contribution is -2.24. The Morgan fingerprint density at radius 1 is 0.659 bits per heavy atom.